The number of pyridine rings is 1. The van der Waals surface area contributed by atoms with Gasteiger partial charge in [-0.3, -0.25) is 19.9 Å². The Labute approximate surface area is 238 Å². The van der Waals surface area contributed by atoms with Crippen molar-refractivity contribution in [1.29, 1.82) is 5.41 Å². The first-order valence-corrected chi connectivity index (χ1v) is 12.8. The molecule has 1 aromatic heterocycles. The number of rotatable bonds is 5. The van der Waals surface area contributed by atoms with Crippen molar-refractivity contribution in [3.8, 4) is 5.75 Å². The van der Waals surface area contributed by atoms with Crippen LogP contribution in [0.1, 0.15) is 49.2 Å². The molecule has 11 nitrogen and oxygen atoms in total. The summed E-state index contributed by atoms with van der Waals surface area (Å²) >= 11 is 6.72. The maximum Gasteiger partial charge on any atom is 0.490 e. The fourth-order valence-corrected chi connectivity index (χ4v) is 4.98. The third-order valence-corrected chi connectivity index (χ3v) is 6.93. The van der Waals surface area contributed by atoms with Crippen LogP contribution in [0.25, 0.3) is 0 Å². The Bertz CT molecular complexity index is 1310. The number of carbonyl (C=O) groups excluding carboxylic acids is 2. The molecule has 3 atom stereocenters. The number of benzene rings is 1. The number of ether oxygens (including phenoxy) is 2. The molecule has 2 fully saturated rings. The smallest absolute Gasteiger partial charge is 0.490 e. The highest BCUT2D eigenvalue weighted by atomic mass is 35.5. The summed E-state index contributed by atoms with van der Waals surface area (Å²) in [6.45, 7) is 4.37. The van der Waals surface area contributed by atoms with Crippen molar-refractivity contribution in [2.45, 2.75) is 57.0 Å². The second kappa shape index (κ2) is 12.7. The number of anilines is 1. The summed E-state index contributed by atoms with van der Waals surface area (Å²) in [6, 6.07) is 8.47. The van der Waals surface area contributed by atoms with E-state index in [4.69, 9.17) is 36.4 Å². The zero-order valence-electron chi connectivity index (χ0n) is 22.3. The van der Waals surface area contributed by atoms with Crippen molar-refractivity contribution >= 4 is 41.0 Å². The first-order valence-electron chi connectivity index (χ1n) is 12.4. The van der Waals surface area contributed by atoms with Crippen LogP contribution in [-0.4, -0.2) is 70.8 Å². The van der Waals surface area contributed by atoms with Crippen molar-refractivity contribution < 1.29 is 42.1 Å². The fraction of sp³-hybridized carbons (Fsp3) is 0.423. The number of alkyl halides is 3. The molecule has 4 N–H and O–H groups in total. The van der Waals surface area contributed by atoms with E-state index < -0.39 is 23.6 Å². The zero-order chi connectivity index (χ0) is 30.5. The largest absolute Gasteiger partial charge is 0.494 e. The fourth-order valence-electron chi connectivity index (χ4n) is 4.60. The lowest BCUT2D eigenvalue weighted by Crippen LogP contribution is -2.63. The van der Waals surface area contributed by atoms with Crippen molar-refractivity contribution in [2.75, 3.05) is 19.0 Å². The summed E-state index contributed by atoms with van der Waals surface area (Å²) in [5.74, 6) is -2.99. The molecule has 15 heteroatoms. The summed E-state index contributed by atoms with van der Waals surface area (Å²) in [7, 11) is 1.47. The number of carbonyl (C=O) groups is 3. The third kappa shape index (κ3) is 7.44. The normalized spacial score (nSPS) is 22.7. The number of methoxy groups -OCH3 is 1. The summed E-state index contributed by atoms with van der Waals surface area (Å²) in [5, 5.41) is 22.0. The lowest BCUT2D eigenvalue weighted by atomic mass is 9.85. The van der Waals surface area contributed by atoms with Crippen molar-refractivity contribution in [3.63, 3.8) is 0 Å². The number of hydrogen-bond donors (Lipinski definition) is 4. The van der Waals surface area contributed by atoms with Crippen LogP contribution in [-0.2, 0) is 19.9 Å². The average molecular weight is 600 g/mol. The standard InChI is InChI=1S/C24H28ClN5O4.C2HF3O2/c1-14-12-15(9-11-34-14)30-19(31)13-24(2,29-23(30)26)16-6-4-7-17(20(16)25)28-22(32)21-18(33-3)8-5-10-27-21;3-2(4,5)1(6)7/h4-8,10,14-15H,9,11-13H2,1-3H3,(H2,26,29)(H,28,32);(H,6,7)/t14-,15-,24+;/m1./s1. The van der Waals surface area contributed by atoms with E-state index in [1.165, 1.54) is 18.2 Å². The number of amides is 2. The number of carboxylic acids is 1. The van der Waals surface area contributed by atoms with Crippen LogP contribution in [0.15, 0.2) is 36.5 Å². The molecule has 0 saturated carbocycles. The Kier molecular flexibility index (Phi) is 9.81. The Balaban J connectivity index is 0.000000587. The Morgan fingerprint density at radius 3 is 2.59 bits per heavy atom. The number of aliphatic carboxylic acids is 1. The van der Waals surface area contributed by atoms with Gasteiger partial charge in [0.05, 0.1) is 35.9 Å². The monoisotopic (exact) mass is 599 g/mol. The average Bonchev–Trinajstić information content (AvgIpc) is 2.89. The minimum absolute atomic E-state index is 0.0418. The first kappa shape index (κ1) is 31.6. The van der Waals surface area contributed by atoms with E-state index in [1.807, 2.05) is 13.8 Å². The van der Waals surface area contributed by atoms with Gasteiger partial charge in [-0.2, -0.15) is 13.2 Å². The van der Waals surface area contributed by atoms with E-state index in [9.17, 15) is 22.8 Å². The van der Waals surface area contributed by atoms with Crippen LogP contribution in [0.2, 0.25) is 5.02 Å². The van der Waals surface area contributed by atoms with Gasteiger partial charge in [0.1, 0.15) is 5.75 Å². The zero-order valence-corrected chi connectivity index (χ0v) is 23.1. The highest BCUT2D eigenvalue weighted by Gasteiger charge is 2.44. The van der Waals surface area contributed by atoms with Gasteiger partial charge in [0.15, 0.2) is 11.7 Å². The molecule has 0 bridgehead atoms. The van der Waals surface area contributed by atoms with Crippen molar-refractivity contribution in [3.05, 3.63) is 52.8 Å². The molecule has 41 heavy (non-hydrogen) atoms. The Morgan fingerprint density at radius 1 is 1.32 bits per heavy atom. The summed E-state index contributed by atoms with van der Waals surface area (Å²) in [6.07, 6.45) is -2.04. The van der Waals surface area contributed by atoms with Gasteiger partial charge in [-0.15, -0.1) is 0 Å². The van der Waals surface area contributed by atoms with Gasteiger partial charge >= 0.3 is 12.1 Å². The van der Waals surface area contributed by atoms with Gasteiger partial charge in [0.2, 0.25) is 5.91 Å². The van der Waals surface area contributed by atoms with E-state index in [1.54, 1.807) is 30.3 Å². The molecule has 0 radical (unpaired) electrons. The maximum absolute atomic E-state index is 13.2. The molecule has 2 amide bonds. The molecule has 0 unspecified atom stereocenters. The Morgan fingerprint density at radius 2 is 2.00 bits per heavy atom. The number of guanidine groups is 1. The van der Waals surface area contributed by atoms with Crippen LogP contribution in [0.4, 0.5) is 18.9 Å². The second-order valence-electron chi connectivity index (χ2n) is 9.58. The van der Waals surface area contributed by atoms with Gasteiger partial charge in [-0.1, -0.05) is 23.7 Å². The van der Waals surface area contributed by atoms with Gasteiger partial charge in [-0.05, 0) is 50.5 Å². The molecular formula is C26H29ClF3N5O6. The van der Waals surface area contributed by atoms with Crippen LogP contribution >= 0.6 is 11.6 Å². The minimum Gasteiger partial charge on any atom is -0.494 e. The van der Waals surface area contributed by atoms with Crippen LogP contribution in [0.5, 0.6) is 5.75 Å². The molecule has 0 aliphatic carbocycles. The quantitative estimate of drug-likeness (QED) is 0.399. The van der Waals surface area contributed by atoms with Gasteiger partial charge in [0, 0.05) is 18.8 Å². The molecule has 2 aliphatic heterocycles. The summed E-state index contributed by atoms with van der Waals surface area (Å²) in [4.78, 5) is 40.6. The van der Waals surface area contributed by atoms with Crippen molar-refractivity contribution in [2.24, 2.45) is 0 Å². The highest BCUT2D eigenvalue weighted by molar-refractivity contribution is 6.35. The summed E-state index contributed by atoms with van der Waals surface area (Å²) in [5.41, 5.74) is 0.200. The number of aromatic nitrogens is 1. The van der Waals surface area contributed by atoms with E-state index in [0.717, 1.165) is 0 Å². The molecular weight excluding hydrogens is 571 g/mol. The maximum atomic E-state index is 13.2. The second-order valence-corrected chi connectivity index (χ2v) is 9.96. The molecule has 2 aliphatic rings. The van der Waals surface area contributed by atoms with Gasteiger partial charge in [-0.25, -0.2) is 9.78 Å². The number of hydrogen-bond acceptors (Lipinski definition) is 7. The SMILES string of the molecule is COc1cccnc1C(=O)Nc1cccc([C@]2(C)CC(=O)N([C@@H]3CCO[C@H](C)C3)C(=N)N2)c1Cl.O=C(O)C(F)(F)F. The lowest BCUT2D eigenvalue weighted by Gasteiger charge is -2.45. The number of nitrogens with one attached hydrogen (secondary N) is 3. The van der Waals surface area contributed by atoms with Crippen LogP contribution in [0.3, 0.4) is 0 Å². The van der Waals surface area contributed by atoms with E-state index in [0.29, 0.717) is 36.4 Å². The molecule has 3 heterocycles. The molecule has 1 aromatic carbocycles. The molecule has 2 saturated heterocycles. The van der Waals surface area contributed by atoms with Crippen LogP contribution in [0, 0.1) is 5.41 Å². The highest BCUT2D eigenvalue weighted by Crippen LogP contribution is 2.38. The van der Waals surface area contributed by atoms with E-state index in [2.05, 4.69) is 15.6 Å². The Hall–Kier alpha value is -3.91. The summed E-state index contributed by atoms with van der Waals surface area (Å²) < 4.78 is 42.5. The number of nitrogens with zero attached hydrogens (tertiary/aromatic N) is 2. The molecule has 0 spiro atoms. The predicted octanol–water partition coefficient (Wildman–Crippen LogP) is 4.17. The molecule has 4 rings (SSSR count). The minimum atomic E-state index is -5.08. The third-order valence-electron chi connectivity index (χ3n) is 6.52. The molecule has 2 aromatic rings. The van der Waals surface area contributed by atoms with Gasteiger partial charge in [0.25, 0.3) is 5.91 Å². The predicted molar refractivity (Wildman–Crippen MR) is 142 cm³/mol. The topological polar surface area (TPSA) is 154 Å². The number of carboxylic acid groups (broad SMARTS) is 1. The van der Waals surface area contributed by atoms with Gasteiger partial charge < -0.3 is 25.2 Å². The lowest BCUT2D eigenvalue weighted by molar-refractivity contribution is -0.192. The van der Waals surface area contributed by atoms with E-state index >= 15 is 0 Å². The number of halogens is 4. The van der Waals surface area contributed by atoms with Crippen molar-refractivity contribution in [1.82, 2.24) is 15.2 Å². The van der Waals surface area contributed by atoms with E-state index in [-0.39, 0.29) is 41.1 Å². The first-order chi connectivity index (χ1) is 19.2. The van der Waals surface area contributed by atoms with Crippen LogP contribution < -0.4 is 15.4 Å². The molecule has 222 valence electrons.